The predicted molar refractivity (Wildman–Crippen MR) is 86.7 cm³/mol. The number of amides is 1. The Kier molecular flexibility index (Phi) is 5.17. The van der Waals surface area contributed by atoms with Crippen LogP contribution in [0.5, 0.6) is 0 Å². The highest BCUT2D eigenvalue weighted by atomic mass is 35.5. The van der Waals surface area contributed by atoms with Crippen LogP contribution < -0.4 is 11.1 Å². The fraction of sp³-hybridized carbons (Fsp3) is 0.0714. The van der Waals surface area contributed by atoms with Crippen molar-refractivity contribution >= 4 is 52.2 Å². The van der Waals surface area contributed by atoms with Crippen LogP contribution in [-0.2, 0) is 4.79 Å². The van der Waals surface area contributed by atoms with Crippen LogP contribution in [0.2, 0.25) is 10.0 Å². The molecule has 3 nitrogen and oxygen atoms in total. The number of nitrogen functional groups attached to an aromatic ring is 1. The van der Waals surface area contributed by atoms with Gasteiger partial charge in [-0.25, -0.2) is 0 Å². The number of carbonyl (C=O) groups is 1. The van der Waals surface area contributed by atoms with Crippen molar-refractivity contribution in [2.75, 3.05) is 16.8 Å². The van der Waals surface area contributed by atoms with Gasteiger partial charge in [-0.2, -0.15) is 0 Å². The van der Waals surface area contributed by atoms with Crippen LogP contribution >= 0.6 is 35.0 Å². The van der Waals surface area contributed by atoms with E-state index in [9.17, 15) is 4.79 Å². The van der Waals surface area contributed by atoms with Crippen molar-refractivity contribution in [3.8, 4) is 0 Å². The lowest BCUT2D eigenvalue weighted by Crippen LogP contribution is -2.13. The summed E-state index contributed by atoms with van der Waals surface area (Å²) in [7, 11) is 0. The second-order valence-electron chi connectivity index (χ2n) is 4.03. The average molecular weight is 327 g/mol. The summed E-state index contributed by atoms with van der Waals surface area (Å²) < 4.78 is 0. The van der Waals surface area contributed by atoms with Crippen molar-refractivity contribution in [1.29, 1.82) is 0 Å². The monoisotopic (exact) mass is 326 g/mol. The maximum absolute atomic E-state index is 11.8. The van der Waals surface area contributed by atoms with Gasteiger partial charge in [-0.05, 0) is 42.5 Å². The molecule has 0 bridgehead atoms. The topological polar surface area (TPSA) is 55.1 Å². The van der Waals surface area contributed by atoms with Crippen LogP contribution in [-0.4, -0.2) is 11.7 Å². The number of carbonyl (C=O) groups excluding carboxylic acids is 1. The molecule has 0 aliphatic carbocycles. The quantitative estimate of drug-likeness (QED) is 0.650. The molecule has 0 aromatic heterocycles. The van der Waals surface area contributed by atoms with Gasteiger partial charge in [-0.1, -0.05) is 23.2 Å². The van der Waals surface area contributed by atoms with Crippen LogP contribution in [0.25, 0.3) is 0 Å². The molecule has 0 unspecified atom stereocenters. The first-order chi connectivity index (χ1) is 9.54. The zero-order valence-corrected chi connectivity index (χ0v) is 12.7. The summed E-state index contributed by atoms with van der Waals surface area (Å²) in [5.74, 6) is 0.167. The number of halogens is 2. The SMILES string of the molecule is Nc1cc(Cl)ccc1SCC(=O)Nc1ccc(Cl)cc1. The zero-order valence-electron chi connectivity index (χ0n) is 10.4. The van der Waals surface area contributed by atoms with Crippen molar-refractivity contribution in [3.63, 3.8) is 0 Å². The molecule has 0 atom stereocenters. The largest absolute Gasteiger partial charge is 0.398 e. The van der Waals surface area contributed by atoms with Gasteiger partial charge in [0.1, 0.15) is 0 Å². The van der Waals surface area contributed by atoms with E-state index in [0.717, 1.165) is 4.90 Å². The van der Waals surface area contributed by atoms with Crippen molar-refractivity contribution in [2.45, 2.75) is 4.90 Å². The van der Waals surface area contributed by atoms with Crippen molar-refractivity contribution in [3.05, 3.63) is 52.5 Å². The fourth-order valence-corrected chi connectivity index (χ4v) is 2.58. The molecule has 0 radical (unpaired) electrons. The molecule has 0 heterocycles. The molecule has 3 N–H and O–H groups in total. The summed E-state index contributed by atoms with van der Waals surface area (Å²) in [5, 5.41) is 4.00. The minimum Gasteiger partial charge on any atom is -0.398 e. The van der Waals surface area contributed by atoms with Crippen LogP contribution in [0, 0.1) is 0 Å². The zero-order chi connectivity index (χ0) is 14.5. The van der Waals surface area contributed by atoms with Gasteiger partial charge in [0.05, 0.1) is 5.75 Å². The fourth-order valence-electron chi connectivity index (χ4n) is 1.52. The Morgan fingerprint density at radius 3 is 2.40 bits per heavy atom. The molecule has 2 aromatic rings. The first kappa shape index (κ1) is 15.0. The van der Waals surface area contributed by atoms with E-state index in [0.29, 0.717) is 21.4 Å². The lowest BCUT2D eigenvalue weighted by atomic mass is 10.3. The molecular weight excluding hydrogens is 315 g/mol. The number of benzene rings is 2. The van der Waals surface area contributed by atoms with Crippen LogP contribution in [0.15, 0.2) is 47.4 Å². The van der Waals surface area contributed by atoms with Crippen molar-refractivity contribution < 1.29 is 4.79 Å². The summed E-state index contributed by atoms with van der Waals surface area (Å²) in [6.07, 6.45) is 0. The molecule has 6 heteroatoms. The minimum atomic E-state index is -0.105. The van der Waals surface area contributed by atoms with Gasteiger partial charge in [0, 0.05) is 26.3 Å². The second-order valence-corrected chi connectivity index (χ2v) is 5.92. The Labute approximate surface area is 131 Å². The highest BCUT2D eigenvalue weighted by Crippen LogP contribution is 2.27. The number of hydrogen-bond acceptors (Lipinski definition) is 3. The molecule has 0 aliphatic heterocycles. The normalized spacial score (nSPS) is 10.3. The highest BCUT2D eigenvalue weighted by molar-refractivity contribution is 8.00. The van der Waals surface area contributed by atoms with Crippen molar-refractivity contribution in [2.24, 2.45) is 0 Å². The van der Waals surface area contributed by atoms with E-state index in [-0.39, 0.29) is 11.7 Å². The van der Waals surface area contributed by atoms with E-state index in [4.69, 9.17) is 28.9 Å². The van der Waals surface area contributed by atoms with E-state index in [1.165, 1.54) is 11.8 Å². The molecule has 0 saturated heterocycles. The molecule has 20 heavy (non-hydrogen) atoms. The Hall–Kier alpha value is -1.36. The number of anilines is 2. The Balaban J connectivity index is 1.90. The molecule has 0 saturated carbocycles. The lowest BCUT2D eigenvalue weighted by Gasteiger charge is -2.07. The second kappa shape index (κ2) is 6.88. The first-order valence-electron chi connectivity index (χ1n) is 5.78. The summed E-state index contributed by atoms with van der Waals surface area (Å²) >= 11 is 13.0. The molecule has 1 amide bonds. The number of nitrogens with one attached hydrogen (secondary N) is 1. The summed E-state index contributed by atoms with van der Waals surface area (Å²) in [6.45, 7) is 0. The molecule has 104 valence electrons. The van der Waals surface area contributed by atoms with E-state index < -0.39 is 0 Å². The molecule has 0 aliphatic rings. The van der Waals surface area contributed by atoms with E-state index in [1.807, 2.05) is 0 Å². The van der Waals surface area contributed by atoms with Gasteiger partial charge in [-0.15, -0.1) is 11.8 Å². The maximum atomic E-state index is 11.8. The highest BCUT2D eigenvalue weighted by Gasteiger charge is 2.06. The minimum absolute atomic E-state index is 0.105. The molecule has 2 aromatic carbocycles. The number of nitrogens with two attached hydrogens (primary N) is 1. The predicted octanol–water partition coefficient (Wildman–Crippen LogP) is 4.31. The molecule has 0 fully saturated rings. The molecular formula is C14H12Cl2N2OS. The third-order valence-corrected chi connectivity index (χ3v) is 4.03. The van der Waals surface area contributed by atoms with E-state index in [2.05, 4.69) is 5.32 Å². The maximum Gasteiger partial charge on any atom is 0.234 e. The number of rotatable bonds is 4. The summed E-state index contributed by atoms with van der Waals surface area (Å²) in [6, 6.07) is 12.2. The Bertz CT molecular complexity index is 617. The van der Waals surface area contributed by atoms with Crippen molar-refractivity contribution in [1.82, 2.24) is 0 Å². The first-order valence-corrected chi connectivity index (χ1v) is 7.52. The van der Waals surface area contributed by atoms with Gasteiger partial charge in [-0.3, -0.25) is 4.79 Å². The van der Waals surface area contributed by atoms with Gasteiger partial charge in [0.25, 0.3) is 0 Å². The van der Waals surface area contributed by atoms with Gasteiger partial charge in [0.2, 0.25) is 5.91 Å². The summed E-state index contributed by atoms with van der Waals surface area (Å²) in [4.78, 5) is 12.7. The standard InChI is InChI=1S/C14H12Cl2N2OS/c15-9-1-4-11(5-2-9)18-14(19)8-20-13-6-3-10(16)7-12(13)17/h1-7H,8,17H2,(H,18,19). The number of hydrogen-bond donors (Lipinski definition) is 2. The van der Waals surface area contributed by atoms with Crippen LogP contribution in [0.3, 0.4) is 0 Å². The third-order valence-electron chi connectivity index (χ3n) is 2.46. The lowest BCUT2D eigenvalue weighted by molar-refractivity contribution is -0.113. The van der Waals surface area contributed by atoms with Gasteiger partial charge < -0.3 is 11.1 Å². The number of thioether (sulfide) groups is 1. The molecule has 0 spiro atoms. The van der Waals surface area contributed by atoms with Gasteiger partial charge in [0.15, 0.2) is 0 Å². The third kappa shape index (κ3) is 4.34. The Morgan fingerprint density at radius 1 is 1.10 bits per heavy atom. The van der Waals surface area contributed by atoms with Crippen LogP contribution in [0.1, 0.15) is 0 Å². The van der Waals surface area contributed by atoms with Crippen LogP contribution in [0.4, 0.5) is 11.4 Å². The van der Waals surface area contributed by atoms with E-state index in [1.54, 1.807) is 42.5 Å². The Morgan fingerprint density at radius 2 is 1.75 bits per heavy atom. The van der Waals surface area contributed by atoms with E-state index >= 15 is 0 Å². The smallest absolute Gasteiger partial charge is 0.234 e. The van der Waals surface area contributed by atoms with Gasteiger partial charge >= 0.3 is 0 Å². The summed E-state index contributed by atoms with van der Waals surface area (Å²) in [5.41, 5.74) is 7.11. The average Bonchev–Trinajstić information content (AvgIpc) is 2.40. The molecule has 2 rings (SSSR count).